The highest BCUT2D eigenvalue weighted by Gasteiger charge is 2.45. The summed E-state index contributed by atoms with van der Waals surface area (Å²) in [6, 6.07) is 8.97. The molecule has 0 spiro atoms. The molecule has 2 atom stereocenters. The molecule has 0 saturated heterocycles. The third-order valence-electron chi connectivity index (χ3n) is 9.42. The molecule has 1 nitrogen and oxygen atoms in total. The number of allylic oxidation sites excluding steroid dienone is 4. The zero-order valence-corrected chi connectivity index (χ0v) is 26.7. The lowest BCUT2D eigenvalue weighted by Crippen LogP contribution is -2.37. The molecular formula is C37H57BO. The zero-order chi connectivity index (χ0) is 28.5. The van der Waals surface area contributed by atoms with Crippen molar-refractivity contribution in [3.8, 4) is 5.75 Å². The highest BCUT2D eigenvalue weighted by Crippen LogP contribution is 2.59. The Morgan fingerprint density at radius 2 is 1.51 bits per heavy atom. The summed E-state index contributed by atoms with van der Waals surface area (Å²) in [5.41, 5.74) is 4.81. The molecule has 2 saturated carbocycles. The van der Waals surface area contributed by atoms with Crippen LogP contribution in [0.25, 0.3) is 0 Å². The molecule has 0 aromatic heterocycles. The summed E-state index contributed by atoms with van der Waals surface area (Å²) in [4.78, 5) is 0. The summed E-state index contributed by atoms with van der Waals surface area (Å²) < 4.78 is 6.09. The molecule has 39 heavy (non-hydrogen) atoms. The quantitative estimate of drug-likeness (QED) is 0.231. The van der Waals surface area contributed by atoms with E-state index in [-0.39, 0.29) is 27.5 Å². The van der Waals surface area contributed by atoms with Gasteiger partial charge in [0.2, 0.25) is 0 Å². The van der Waals surface area contributed by atoms with Crippen molar-refractivity contribution in [1.29, 1.82) is 0 Å². The molecule has 0 aliphatic heterocycles. The molecule has 2 heteroatoms. The van der Waals surface area contributed by atoms with E-state index in [1.54, 1.807) is 5.57 Å². The van der Waals surface area contributed by atoms with E-state index in [4.69, 9.17) is 12.6 Å². The summed E-state index contributed by atoms with van der Waals surface area (Å²) in [5, 5.41) is -0.371. The Bertz CT molecular complexity index is 1010. The van der Waals surface area contributed by atoms with Crippen LogP contribution in [-0.4, -0.2) is 14.5 Å². The van der Waals surface area contributed by atoms with Gasteiger partial charge in [0.1, 0.15) is 5.75 Å². The second-order valence-corrected chi connectivity index (χ2v) is 16.4. The van der Waals surface area contributed by atoms with Gasteiger partial charge in [-0.3, -0.25) is 0 Å². The molecule has 3 aliphatic carbocycles. The largest absolute Gasteiger partial charge is 0.493 e. The second-order valence-electron chi connectivity index (χ2n) is 16.4. The topological polar surface area (TPSA) is 9.23 Å². The Morgan fingerprint density at radius 1 is 0.872 bits per heavy atom. The molecule has 214 valence electrons. The van der Waals surface area contributed by atoms with Gasteiger partial charge in [0, 0.05) is 0 Å². The lowest BCUT2D eigenvalue weighted by Gasteiger charge is -2.50. The predicted molar refractivity (Wildman–Crippen MR) is 170 cm³/mol. The number of ether oxygens (including phenoxy) is 1. The first kappa shape index (κ1) is 30.5. The van der Waals surface area contributed by atoms with Crippen molar-refractivity contribution in [2.45, 2.75) is 137 Å². The highest BCUT2D eigenvalue weighted by molar-refractivity contribution is 6.15. The molecule has 2 radical (unpaired) electrons. The molecule has 0 amide bonds. The number of rotatable bonds is 13. The molecule has 1 aromatic carbocycles. The Kier molecular flexibility index (Phi) is 9.25. The van der Waals surface area contributed by atoms with Crippen LogP contribution < -0.4 is 4.74 Å². The SMILES string of the molecule is [B]C(C)(CC(C)(C)C1=CCCCC(CCC2CC2)=C1)C(c1ccc(OCC2CC2)cc1)C(C)(C)CC(C)(C)C. The third kappa shape index (κ3) is 9.03. The van der Waals surface area contributed by atoms with Crippen LogP contribution in [0.1, 0.15) is 138 Å². The summed E-state index contributed by atoms with van der Waals surface area (Å²) >= 11 is 0. The van der Waals surface area contributed by atoms with Crippen molar-refractivity contribution >= 4 is 7.85 Å². The number of benzene rings is 1. The van der Waals surface area contributed by atoms with E-state index in [0.29, 0.717) is 0 Å². The Balaban J connectivity index is 1.59. The molecule has 2 unspecified atom stereocenters. The first-order chi connectivity index (χ1) is 18.1. The van der Waals surface area contributed by atoms with Crippen LogP contribution in [0.2, 0.25) is 5.31 Å². The van der Waals surface area contributed by atoms with Gasteiger partial charge < -0.3 is 4.74 Å². The minimum absolute atomic E-state index is 0.0159. The van der Waals surface area contributed by atoms with Gasteiger partial charge in [-0.15, -0.1) is 0 Å². The van der Waals surface area contributed by atoms with Gasteiger partial charge in [-0.25, -0.2) is 0 Å². The fraction of sp³-hybridized carbons (Fsp3) is 0.730. The van der Waals surface area contributed by atoms with Gasteiger partial charge in [0.05, 0.1) is 14.5 Å². The van der Waals surface area contributed by atoms with Gasteiger partial charge >= 0.3 is 0 Å². The van der Waals surface area contributed by atoms with Crippen molar-refractivity contribution in [3.63, 3.8) is 0 Å². The summed E-state index contributed by atoms with van der Waals surface area (Å²) in [7, 11) is 7.54. The van der Waals surface area contributed by atoms with Gasteiger partial charge in [-0.05, 0) is 115 Å². The van der Waals surface area contributed by atoms with Crippen molar-refractivity contribution in [2.24, 2.45) is 28.1 Å². The van der Waals surface area contributed by atoms with Crippen molar-refractivity contribution in [3.05, 3.63) is 53.1 Å². The maximum Gasteiger partial charge on any atom is 0.119 e. The summed E-state index contributed by atoms with van der Waals surface area (Å²) in [6.07, 6.45) is 19.1. The van der Waals surface area contributed by atoms with Gasteiger partial charge in [0.25, 0.3) is 0 Å². The molecule has 0 bridgehead atoms. The Labute approximate surface area is 243 Å². The van der Waals surface area contributed by atoms with Crippen LogP contribution >= 0.6 is 0 Å². The monoisotopic (exact) mass is 528 g/mol. The van der Waals surface area contributed by atoms with Gasteiger partial charge in [-0.2, -0.15) is 0 Å². The molecule has 3 aliphatic rings. The lowest BCUT2D eigenvalue weighted by atomic mass is 9.47. The van der Waals surface area contributed by atoms with E-state index in [1.807, 2.05) is 0 Å². The van der Waals surface area contributed by atoms with Gasteiger partial charge in [0.15, 0.2) is 0 Å². The Morgan fingerprint density at radius 3 is 2.10 bits per heavy atom. The fourth-order valence-corrected chi connectivity index (χ4v) is 8.01. The molecule has 0 N–H and O–H groups in total. The standard InChI is InChI=1S/C37H57BO/c1-34(2,3)25-36(6,7)33(30-19-21-32(22-20-30)39-24-29-17-18-29)37(8,38)26-35(4,5)31-12-10-9-11-28(23-31)16-15-27-13-14-27/h12,19-23,27,29,33H,9-11,13-18,24-26H2,1-8H3. The van der Waals surface area contributed by atoms with E-state index >= 15 is 0 Å². The average molecular weight is 529 g/mol. The van der Waals surface area contributed by atoms with Crippen LogP contribution in [0.5, 0.6) is 5.75 Å². The van der Waals surface area contributed by atoms with E-state index in [9.17, 15) is 0 Å². The molecule has 0 heterocycles. The minimum atomic E-state index is -0.371. The van der Waals surface area contributed by atoms with Crippen molar-refractivity contribution < 1.29 is 4.74 Å². The third-order valence-corrected chi connectivity index (χ3v) is 9.42. The molecule has 1 aromatic rings. The second kappa shape index (κ2) is 11.8. The van der Waals surface area contributed by atoms with Crippen molar-refractivity contribution in [1.82, 2.24) is 0 Å². The first-order valence-corrected chi connectivity index (χ1v) is 16.1. The van der Waals surface area contributed by atoms with E-state index < -0.39 is 0 Å². The maximum absolute atomic E-state index is 7.54. The lowest BCUT2D eigenvalue weighted by molar-refractivity contribution is 0.132. The average Bonchev–Trinajstić information content (AvgIpc) is 3.68. The minimum Gasteiger partial charge on any atom is -0.493 e. The smallest absolute Gasteiger partial charge is 0.119 e. The molecule has 4 rings (SSSR count). The summed E-state index contributed by atoms with van der Waals surface area (Å²) in [6.45, 7) is 20.0. The first-order valence-electron chi connectivity index (χ1n) is 16.1. The van der Waals surface area contributed by atoms with Gasteiger partial charge in [-0.1, -0.05) is 103 Å². The normalized spacial score (nSPS) is 21.4. The van der Waals surface area contributed by atoms with Crippen LogP contribution in [-0.2, 0) is 0 Å². The van der Waals surface area contributed by atoms with Crippen LogP contribution in [0.3, 0.4) is 0 Å². The van der Waals surface area contributed by atoms with E-state index in [2.05, 4.69) is 91.8 Å². The number of hydrogen-bond donors (Lipinski definition) is 0. The van der Waals surface area contributed by atoms with Crippen LogP contribution in [0.4, 0.5) is 0 Å². The molecular weight excluding hydrogens is 471 g/mol. The van der Waals surface area contributed by atoms with Crippen LogP contribution in [0, 0.1) is 28.1 Å². The number of hydrogen-bond acceptors (Lipinski definition) is 1. The molecule has 2 fully saturated rings. The zero-order valence-electron chi connectivity index (χ0n) is 26.7. The highest BCUT2D eigenvalue weighted by atomic mass is 16.5. The van der Waals surface area contributed by atoms with Crippen LogP contribution in [0.15, 0.2) is 47.6 Å². The van der Waals surface area contributed by atoms with E-state index in [1.165, 1.54) is 68.9 Å². The Hall–Kier alpha value is -1.44. The van der Waals surface area contributed by atoms with Crippen molar-refractivity contribution in [2.75, 3.05) is 6.61 Å². The van der Waals surface area contributed by atoms with E-state index in [0.717, 1.165) is 37.0 Å². The fourth-order valence-electron chi connectivity index (χ4n) is 8.01. The predicted octanol–water partition coefficient (Wildman–Crippen LogP) is 11.0. The maximum atomic E-state index is 7.54. The summed E-state index contributed by atoms with van der Waals surface area (Å²) in [5.74, 6) is 2.98.